The third-order valence-electron chi connectivity index (χ3n) is 2.04. The first kappa shape index (κ1) is 9.45. The molecule has 4 heteroatoms. The lowest BCUT2D eigenvalue weighted by molar-refractivity contribution is 1.22. The molecule has 15 heavy (non-hydrogen) atoms. The molecule has 0 aliphatic carbocycles. The van der Waals surface area contributed by atoms with Gasteiger partial charge in [-0.3, -0.25) is 0 Å². The quantitative estimate of drug-likeness (QED) is 0.779. The summed E-state index contributed by atoms with van der Waals surface area (Å²) in [7, 11) is 0. The number of pyridine rings is 2. The third-order valence-corrected chi connectivity index (χ3v) is 2.04. The lowest BCUT2D eigenvalue weighted by Gasteiger charge is -2.06. The zero-order chi connectivity index (χ0) is 10.7. The Morgan fingerprint density at radius 1 is 1.20 bits per heavy atom. The van der Waals surface area contributed by atoms with Gasteiger partial charge in [0.15, 0.2) is 0 Å². The molecule has 2 aromatic rings. The summed E-state index contributed by atoms with van der Waals surface area (Å²) in [5.74, 6) is 1.56. The van der Waals surface area contributed by atoms with Crippen molar-refractivity contribution in [2.75, 3.05) is 11.1 Å². The Morgan fingerprint density at radius 3 is 2.73 bits per heavy atom. The number of rotatable bonds is 2. The van der Waals surface area contributed by atoms with Crippen LogP contribution >= 0.6 is 0 Å². The summed E-state index contributed by atoms with van der Waals surface area (Å²) < 4.78 is 0. The summed E-state index contributed by atoms with van der Waals surface area (Å²) >= 11 is 0. The Hall–Kier alpha value is -2.10. The van der Waals surface area contributed by atoms with Gasteiger partial charge in [0.2, 0.25) is 0 Å². The van der Waals surface area contributed by atoms with Gasteiger partial charge in [0.05, 0.1) is 11.9 Å². The van der Waals surface area contributed by atoms with Gasteiger partial charge in [0, 0.05) is 6.20 Å². The largest absolute Gasteiger partial charge is 0.397 e. The van der Waals surface area contributed by atoms with E-state index in [-0.39, 0.29) is 0 Å². The second kappa shape index (κ2) is 3.96. The van der Waals surface area contributed by atoms with Gasteiger partial charge in [-0.05, 0) is 30.7 Å². The average molecular weight is 200 g/mol. The number of hydrogen-bond acceptors (Lipinski definition) is 4. The maximum Gasteiger partial charge on any atom is 0.134 e. The Balaban J connectivity index is 2.22. The number of hydrogen-bond donors (Lipinski definition) is 2. The first-order valence-corrected chi connectivity index (χ1v) is 4.66. The molecule has 76 valence electrons. The summed E-state index contributed by atoms with van der Waals surface area (Å²) in [4.78, 5) is 8.35. The van der Waals surface area contributed by atoms with Crippen LogP contribution in [0.4, 0.5) is 17.3 Å². The topological polar surface area (TPSA) is 63.8 Å². The molecule has 0 amide bonds. The highest BCUT2D eigenvalue weighted by atomic mass is 15.1. The third kappa shape index (κ3) is 2.22. The molecule has 3 N–H and O–H groups in total. The number of anilines is 3. The lowest BCUT2D eigenvalue weighted by Crippen LogP contribution is -1.98. The molecule has 0 bridgehead atoms. The summed E-state index contributed by atoms with van der Waals surface area (Å²) in [6, 6.07) is 7.51. The number of nitrogen functional groups attached to an aromatic ring is 1. The van der Waals surface area contributed by atoms with Crippen LogP contribution in [0.15, 0.2) is 36.7 Å². The van der Waals surface area contributed by atoms with Crippen LogP contribution in [-0.2, 0) is 0 Å². The van der Waals surface area contributed by atoms with E-state index in [0.717, 1.165) is 17.2 Å². The number of nitrogens with one attached hydrogen (secondary N) is 1. The normalized spacial score (nSPS) is 9.93. The summed E-state index contributed by atoms with van der Waals surface area (Å²) in [5.41, 5.74) is 7.27. The van der Waals surface area contributed by atoms with Crippen LogP contribution < -0.4 is 11.1 Å². The van der Waals surface area contributed by atoms with Crippen LogP contribution in [0, 0.1) is 6.92 Å². The summed E-state index contributed by atoms with van der Waals surface area (Å²) in [5, 5.41) is 3.12. The molecule has 0 radical (unpaired) electrons. The van der Waals surface area contributed by atoms with Crippen molar-refractivity contribution in [3.63, 3.8) is 0 Å². The van der Waals surface area contributed by atoms with E-state index in [1.165, 1.54) is 0 Å². The second-order valence-electron chi connectivity index (χ2n) is 3.27. The zero-order valence-corrected chi connectivity index (χ0v) is 8.44. The highest BCUT2D eigenvalue weighted by molar-refractivity contribution is 5.56. The first-order valence-electron chi connectivity index (χ1n) is 4.66. The number of aryl methyl sites for hydroxylation is 1. The van der Waals surface area contributed by atoms with Gasteiger partial charge in [-0.25, -0.2) is 9.97 Å². The van der Waals surface area contributed by atoms with Gasteiger partial charge in [-0.15, -0.1) is 0 Å². The molecule has 0 spiro atoms. The maximum absolute atomic E-state index is 5.54. The zero-order valence-electron chi connectivity index (χ0n) is 8.44. The fourth-order valence-electron chi connectivity index (χ4n) is 1.22. The van der Waals surface area contributed by atoms with E-state index in [2.05, 4.69) is 15.3 Å². The van der Waals surface area contributed by atoms with Crippen molar-refractivity contribution in [1.29, 1.82) is 0 Å². The van der Waals surface area contributed by atoms with E-state index < -0.39 is 0 Å². The first-order chi connectivity index (χ1) is 7.25. The van der Waals surface area contributed by atoms with Gasteiger partial charge in [-0.2, -0.15) is 0 Å². The van der Waals surface area contributed by atoms with Crippen molar-refractivity contribution in [2.24, 2.45) is 0 Å². The van der Waals surface area contributed by atoms with Gasteiger partial charge >= 0.3 is 0 Å². The second-order valence-corrected chi connectivity index (χ2v) is 3.27. The van der Waals surface area contributed by atoms with Gasteiger partial charge < -0.3 is 11.1 Å². The van der Waals surface area contributed by atoms with Gasteiger partial charge in [-0.1, -0.05) is 6.07 Å². The van der Waals surface area contributed by atoms with Crippen LogP contribution in [0.5, 0.6) is 0 Å². The van der Waals surface area contributed by atoms with E-state index in [4.69, 9.17) is 5.73 Å². The molecule has 0 atom stereocenters. The minimum Gasteiger partial charge on any atom is -0.397 e. The van der Waals surface area contributed by atoms with Crippen LogP contribution in [-0.4, -0.2) is 9.97 Å². The van der Waals surface area contributed by atoms with Crippen molar-refractivity contribution in [1.82, 2.24) is 9.97 Å². The predicted molar refractivity (Wildman–Crippen MR) is 60.9 cm³/mol. The number of nitrogens with zero attached hydrogens (tertiary/aromatic N) is 2. The van der Waals surface area contributed by atoms with Crippen LogP contribution in [0.3, 0.4) is 0 Å². The fraction of sp³-hybridized carbons (Fsp3) is 0.0909. The van der Waals surface area contributed by atoms with Crippen molar-refractivity contribution in [3.05, 3.63) is 42.2 Å². The highest BCUT2D eigenvalue weighted by Gasteiger charge is 1.99. The smallest absolute Gasteiger partial charge is 0.134 e. The Bertz CT molecular complexity index is 450. The SMILES string of the molecule is Cc1cccnc1Nc1ccc(N)cn1. The molecular formula is C11H12N4. The number of aromatic nitrogens is 2. The molecule has 0 saturated heterocycles. The Kier molecular flexibility index (Phi) is 2.49. The molecule has 2 heterocycles. The molecule has 4 nitrogen and oxygen atoms in total. The molecule has 0 unspecified atom stereocenters. The van der Waals surface area contributed by atoms with E-state index >= 15 is 0 Å². The van der Waals surface area contributed by atoms with Crippen LogP contribution in [0.2, 0.25) is 0 Å². The van der Waals surface area contributed by atoms with Crippen molar-refractivity contribution in [3.8, 4) is 0 Å². The van der Waals surface area contributed by atoms with Gasteiger partial charge in [0.1, 0.15) is 11.6 Å². The monoisotopic (exact) mass is 200 g/mol. The van der Waals surface area contributed by atoms with Crippen molar-refractivity contribution >= 4 is 17.3 Å². The van der Waals surface area contributed by atoms with E-state index in [1.807, 2.05) is 25.1 Å². The summed E-state index contributed by atoms with van der Waals surface area (Å²) in [6.45, 7) is 1.99. The Morgan fingerprint density at radius 2 is 2.07 bits per heavy atom. The van der Waals surface area contributed by atoms with Gasteiger partial charge in [0.25, 0.3) is 0 Å². The Labute approximate surface area is 88.2 Å². The molecule has 0 aromatic carbocycles. The van der Waals surface area contributed by atoms with E-state index in [9.17, 15) is 0 Å². The highest BCUT2D eigenvalue weighted by Crippen LogP contribution is 2.15. The van der Waals surface area contributed by atoms with E-state index in [0.29, 0.717) is 5.69 Å². The lowest BCUT2D eigenvalue weighted by atomic mass is 10.3. The van der Waals surface area contributed by atoms with Crippen molar-refractivity contribution in [2.45, 2.75) is 6.92 Å². The molecule has 0 saturated carbocycles. The molecule has 0 aliphatic rings. The molecule has 0 aliphatic heterocycles. The summed E-state index contributed by atoms with van der Waals surface area (Å²) in [6.07, 6.45) is 3.35. The van der Waals surface area contributed by atoms with Crippen molar-refractivity contribution < 1.29 is 0 Å². The predicted octanol–water partition coefficient (Wildman–Crippen LogP) is 2.11. The van der Waals surface area contributed by atoms with E-state index in [1.54, 1.807) is 18.5 Å². The molecule has 2 aromatic heterocycles. The molecule has 2 rings (SSSR count). The minimum atomic E-state index is 0.651. The van der Waals surface area contributed by atoms with Crippen LogP contribution in [0.25, 0.3) is 0 Å². The standard InChI is InChI=1S/C11H12N4/c1-8-3-2-6-13-11(8)15-10-5-4-9(12)7-14-10/h2-7H,12H2,1H3,(H,13,14,15). The maximum atomic E-state index is 5.54. The molecule has 0 fully saturated rings. The minimum absolute atomic E-state index is 0.651. The fourth-order valence-corrected chi connectivity index (χ4v) is 1.22. The number of nitrogens with two attached hydrogens (primary N) is 1. The van der Waals surface area contributed by atoms with Crippen LogP contribution in [0.1, 0.15) is 5.56 Å². The average Bonchev–Trinajstić information content (AvgIpc) is 2.25. The molecular weight excluding hydrogens is 188 g/mol.